The van der Waals surface area contributed by atoms with Crippen LogP contribution in [0.25, 0.3) is 20.7 Å². The molecule has 148 valence electrons. The Hall–Kier alpha value is -2.97. The van der Waals surface area contributed by atoms with Gasteiger partial charge in [0.25, 0.3) is 5.56 Å². The second kappa shape index (κ2) is 7.46. The summed E-state index contributed by atoms with van der Waals surface area (Å²) < 4.78 is 0.665. The number of thiophene rings is 1. The molecule has 29 heavy (non-hydrogen) atoms. The molecule has 2 N–H and O–H groups in total. The van der Waals surface area contributed by atoms with Gasteiger partial charge in [0.2, 0.25) is 0 Å². The minimum Gasteiger partial charge on any atom is -0.369 e. The Labute approximate surface area is 172 Å². The van der Waals surface area contributed by atoms with E-state index < -0.39 is 0 Å². The third-order valence-corrected chi connectivity index (χ3v) is 6.55. The highest BCUT2D eigenvalue weighted by molar-refractivity contribution is 7.22. The maximum Gasteiger partial charge on any atom is 0.268 e. The fraction of sp³-hybridized carbons (Fsp3) is 0.286. The number of piperazine rings is 1. The lowest BCUT2D eigenvalue weighted by molar-refractivity contribution is 0.244. The lowest BCUT2D eigenvalue weighted by Crippen LogP contribution is -2.46. The predicted octanol–water partition coefficient (Wildman–Crippen LogP) is 3.01. The van der Waals surface area contributed by atoms with Crippen LogP contribution in [0.4, 0.5) is 5.69 Å². The number of hydrogen-bond donors (Lipinski definition) is 2. The SMILES string of the molecule is Cc1[nH]ncc1-c1cc2nc(CN3CCN(c4ccccc4)CC3)[nH]c(=O)c2s1. The van der Waals surface area contributed by atoms with Crippen LogP contribution in [-0.2, 0) is 6.54 Å². The minimum atomic E-state index is -0.0645. The van der Waals surface area contributed by atoms with Crippen LogP contribution in [0.2, 0.25) is 0 Å². The van der Waals surface area contributed by atoms with Crippen LogP contribution in [0.5, 0.6) is 0 Å². The van der Waals surface area contributed by atoms with Gasteiger partial charge in [-0.3, -0.25) is 14.8 Å². The summed E-state index contributed by atoms with van der Waals surface area (Å²) in [6, 6.07) is 12.5. The van der Waals surface area contributed by atoms with E-state index in [1.165, 1.54) is 17.0 Å². The highest BCUT2D eigenvalue weighted by Crippen LogP contribution is 2.32. The molecule has 1 saturated heterocycles. The Morgan fingerprint density at radius 3 is 2.66 bits per heavy atom. The van der Waals surface area contributed by atoms with Crippen molar-refractivity contribution in [3.8, 4) is 10.4 Å². The number of anilines is 1. The number of aromatic amines is 2. The average Bonchev–Trinajstić information content (AvgIpc) is 3.35. The van der Waals surface area contributed by atoms with Gasteiger partial charge in [0.05, 0.1) is 18.3 Å². The molecular weight excluding hydrogens is 384 g/mol. The van der Waals surface area contributed by atoms with E-state index in [1.807, 2.05) is 19.1 Å². The summed E-state index contributed by atoms with van der Waals surface area (Å²) in [5.74, 6) is 0.726. The smallest absolute Gasteiger partial charge is 0.268 e. The fourth-order valence-electron chi connectivity index (χ4n) is 3.81. The number of aryl methyl sites for hydroxylation is 1. The van der Waals surface area contributed by atoms with Crippen molar-refractivity contribution < 1.29 is 0 Å². The third-order valence-electron chi connectivity index (χ3n) is 5.39. The summed E-state index contributed by atoms with van der Waals surface area (Å²) in [5.41, 5.74) is 3.97. The molecule has 4 aromatic rings. The summed E-state index contributed by atoms with van der Waals surface area (Å²) in [6.07, 6.45) is 1.79. The Morgan fingerprint density at radius 1 is 1.14 bits per heavy atom. The van der Waals surface area contributed by atoms with Gasteiger partial charge in [0.15, 0.2) is 0 Å². The van der Waals surface area contributed by atoms with Gasteiger partial charge in [-0.25, -0.2) is 4.98 Å². The van der Waals surface area contributed by atoms with E-state index in [-0.39, 0.29) is 5.56 Å². The molecule has 4 heterocycles. The monoisotopic (exact) mass is 406 g/mol. The second-order valence-corrected chi connectivity index (χ2v) is 8.40. The molecule has 1 aliphatic rings. The van der Waals surface area contributed by atoms with Crippen molar-refractivity contribution >= 4 is 27.2 Å². The number of H-pyrrole nitrogens is 2. The Kier molecular flexibility index (Phi) is 4.65. The molecule has 0 radical (unpaired) electrons. The molecule has 5 rings (SSSR count). The van der Waals surface area contributed by atoms with Crippen molar-refractivity contribution in [1.82, 2.24) is 25.1 Å². The first kappa shape index (κ1) is 18.1. The first-order chi connectivity index (χ1) is 14.2. The number of nitrogens with one attached hydrogen (secondary N) is 2. The largest absolute Gasteiger partial charge is 0.369 e. The molecule has 8 heteroatoms. The van der Waals surface area contributed by atoms with Crippen LogP contribution >= 0.6 is 11.3 Å². The minimum absolute atomic E-state index is 0.0645. The van der Waals surface area contributed by atoms with Gasteiger partial charge < -0.3 is 9.88 Å². The maximum absolute atomic E-state index is 12.6. The molecule has 0 unspecified atom stereocenters. The number of fused-ring (bicyclic) bond motifs is 1. The molecule has 0 bridgehead atoms. The molecular formula is C21H22N6OS. The number of hydrogen-bond acceptors (Lipinski definition) is 6. The van der Waals surface area contributed by atoms with Crippen LogP contribution in [0.3, 0.4) is 0 Å². The summed E-state index contributed by atoms with van der Waals surface area (Å²) >= 11 is 1.46. The molecule has 3 aromatic heterocycles. The average molecular weight is 407 g/mol. The first-order valence-electron chi connectivity index (χ1n) is 9.73. The van der Waals surface area contributed by atoms with Crippen molar-refractivity contribution in [2.75, 3.05) is 31.1 Å². The van der Waals surface area contributed by atoms with E-state index in [9.17, 15) is 4.79 Å². The Balaban J connectivity index is 1.32. The van der Waals surface area contributed by atoms with E-state index in [4.69, 9.17) is 4.98 Å². The van der Waals surface area contributed by atoms with E-state index in [0.29, 0.717) is 11.2 Å². The van der Waals surface area contributed by atoms with E-state index in [1.54, 1.807) is 6.20 Å². The summed E-state index contributed by atoms with van der Waals surface area (Å²) in [6.45, 7) is 6.46. The zero-order valence-corrected chi connectivity index (χ0v) is 17.0. The van der Waals surface area contributed by atoms with E-state index in [0.717, 1.165) is 53.7 Å². The molecule has 1 aliphatic heterocycles. The van der Waals surface area contributed by atoms with Crippen molar-refractivity contribution in [2.45, 2.75) is 13.5 Å². The zero-order chi connectivity index (χ0) is 19.8. The highest BCUT2D eigenvalue weighted by atomic mass is 32.1. The van der Waals surface area contributed by atoms with Gasteiger partial charge >= 0.3 is 0 Å². The quantitative estimate of drug-likeness (QED) is 0.545. The third kappa shape index (κ3) is 3.56. The molecule has 7 nitrogen and oxygen atoms in total. The molecule has 1 aromatic carbocycles. The van der Waals surface area contributed by atoms with Crippen molar-refractivity contribution in [3.05, 3.63) is 64.5 Å². The highest BCUT2D eigenvalue weighted by Gasteiger charge is 2.19. The molecule has 0 amide bonds. The number of rotatable bonds is 4. The second-order valence-electron chi connectivity index (χ2n) is 7.35. The topological polar surface area (TPSA) is 80.9 Å². The zero-order valence-electron chi connectivity index (χ0n) is 16.2. The summed E-state index contributed by atoms with van der Waals surface area (Å²) in [5, 5.41) is 7.02. The van der Waals surface area contributed by atoms with Crippen LogP contribution in [-0.4, -0.2) is 51.2 Å². The van der Waals surface area contributed by atoms with Crippen molar-refractivity contribution in [2.24, 2.45) is 0 Å². The normalized spacial score (nSPS) is 15.3. The standard InChI is InChI=1S/C21H22N6OS/c1-14-16(12-22-25-14)18-11-17-20(29-18)21(28)24-19(23-17)13-26-7-9-27(10-8-26)15-5-3-2-4-6-15/h2-6,11-12H,7-10,13H2,1H3,(H,22,25)(H,23,24,28). The fourth-order valence-corrected chi connectivity index (χ4v) is 4.87. The van der Waals surface area contributed by atoms with Gasteiger partial charge in [-0.2, -0.15) is 5.10 Å². The van der Waals surface area contributed by atoms with E-state index in [2.05, 4.69) is 49.2 Å². The number of nitrogens with zero attached hydrogens (tertiary/aromatic N) is 4. The Bertz CT molecular complexity index is 1190. The molecule has 0 spiro atoms. The van der Waals surface area contributed by atoms with Crippen LogP contribution < -0.4 is 10.5 Å². The van der Waals surface area contributed by atoms with E-state index >= 15 is 0 Å². The Morgan fingerprint density at radius 2 is 1.93 bits per heavy atom. The van der Waals surface area contributed by atoms with Gasteiger partial charge in [-0.05, 0) is 25.1 Å². The van der Waals surface area contributed by atoms with Gasteiger partial charge in [-0.15, -0.1) is 11.3 Å². The predicted molar refractivity (Wildman–Crippen MR) is 116 cm³/mol. The summed E-state index contributed by atoms with van der Waals surface area (Å²) in [7, 11) is 0. The molecule has 1 fully saturated rings. The molecule has 0 aliphatic carbocycles. The lowest BCUT2D eigenvalue weighted by Gasteiger charge is -2.35. The molecule has 0 saturated carbocycles. The van der Waals surface area contributed by atoms with Crippen LogP contribution in [0.1, 0.15) is 11.5 Å². The lowest BCUT2D eigenvalue weighted by atomic mass is 10.2. The number of para-hydroxylation sites is 1. The van der Waals surface area contributed by atoms with Crippen molar-refractivity contribution in [1.29, 1.82) is 0 Å². The van der Waals surface area contributed by atoms with Gasteiger partial charge in [0.1, 0.15) is 10.5 Å². The summed E-state index contributed by atoms with van der Waals surface area (Å²) in [4.78, 5) is 26.1. The number of benzene rings is 1. The maximum atomic E-state index is 12.6. The first-order valence-corrected chi connectivity index (χ1v) is 10.5. The molecule has 0 atom stereocenters. The van der Waals surface area contributed by atoms with Gasteiger partial charge in [-0.1, -0.05) is 18.2 Å². The van der Waals surface area contributed by atoms with Gasteiger partial charge in [0, 0.05) is 48.0 Å². The van der Waals surface area contributed by atoms with Crippen LogP contribution in [0.15, 0.2) is 47.4 Å². The van der Waals surface area contributed by atoms with Crippen LogP contribution in [0, 0.1) is 6.92 Å². The number of aromatic nitrogens is 4. The van der Waals surface area contributed by atoms with Crippen molar-refractivity contribution in [3.63, 3.8) is 0 Å².